The van der Waals surface area contributed by atoms with E-state index in [2.05, 4.69) is 30.0 Å². The molecule has 0 saturated heterocycles. The minimum atomic E-state index is 0.219. The van der Waals surface area contributed by atoms with Crippen LogP contribution < -0.4 is 4.84 Å². The number of nitrogens with one attached hydrogen (secondary N) is 1. The molecule has 0 fully saturated rings. The number of hydrogen-bond donors (Lipinski definition) is 1. The van der Waals surface area contributed by atoms with E-state index in [1.165, 1.54) is 11.1 Å². The fourth-order valence-electron chi connectivity index (χ4n) is 1.00. The van der Waals surface area contributed by atoms with Crippen molar-refractivity contribution in [1.29, 1.82) is 0 Å². The lowest BCUT2D eigenvalue weighted by molar-refractivity contribution is 0.744. The van der Waals surface area contributed by atoms with Crippen LogP contribution >= 0.6 is 11.8 Å². The summed E-state index contributed by atoms with van der Waals surface area (Å²) in [5, 5.41) is 0. The van der Waals surface area contributed by atoms with E-state index in [-0.39, 0.29) is 6.04 Å². The Bertz CT molecular complexity index is 235. The fourth-order valence-corrected chi connectivity index (χ4v) is 1.13. The summed E-state index contributed by atoms with van der Waals surface area (Å²) in [4.78, 5) is 2.68. The van der Waals surface area contributed by atoms with Crippen LogP contribution in [0.5, 0.6) is 0 Å². The second-order valence-corrected chi connectivity index (χ2v) is 2.96. The van der Waals surface area contributed by atoms with Gasteiger partial charge in [0.25, 0.3) is 0 Å². The Hall–Kier alpha value is -0.530. The zero-order valence-corrected chi connectivity index (χ0v) is 7.52. The van der Waals surface area contributed by atoms with Crippen molar-refractivity contribution in [3.05, 3.63) is 35.4 Å². The molecule has 0 unspecified atom stereocenters. The summed E-state index contributed by atoms with van der Waals surface area (Å²) in [6.45, 7) is 4.10. The Morgan fingerprint density at radius 1 is 1.45 bits per heavy atom. The molecule has 0 amide bonds. The molecule has 1 atom stereocenters. The number of halogens is 1. The van der Waals surface area contributed by atoms with Crippen molar-refractivity contribution in [3.8, 4) is 0 Å². The van der Waals surface area contributed by atoms with Gasteiger partial charge in [0.05, 0.1) is 0 Å². The first-order valence-electron chi connectivity index (χ1n) is 3.67. The van der Waals surface area contributed by atoms with E-state index in [0.29, 0.717) is 0 Å². The highest BCUT2D eigenvalue weighted by Gasteiger charge is 2.01. The highest BCUT2D eigenvalue weighted by molar-refractivity contribution is 6.13. The third-order valence-electron chi connectivity index (χ3n) is 1.71. The second kappa shape index (κ2) is 3.74. The summed E-state index contributed by atoms with van der Waals surface area (Å²) >= 11 is 5.49. The first-order valence-corrected chi connectivity index (χ1v) is 4.04. The smallest absolute Gasteiger partial charge is 0.0442 e. The molecular weight excluding hydrogens is 158 g/mol. The largest absolute Gasteiger partial charge is 0.226 e. The zero-order valence-electron chi connectivity index (χ0n) is 6.76. The lowest BCUT2D eigenvalue weighted by Crippen LogP contribution is -2.06. The van der Waals surface area contributed by atoms with Gasteiger partial charge in [-0.15, -0.1) is 0 Å². The molecule has 0 aliphatic heterocycles. The van der Waals surface area contributed by atoms with Crippen molar-refractivity contribution in [3.63, 3.8) is 0 Å². The number of rotatable bonds is 2. The molecule has 0 bridgehead atoms. The van der Waals surface area contributed by atoms with Gasteiger partial charge in [-0.1, -0.05) is 29.8 Å². The predicted octanol–water partition coefficient (Wildman–Crippen LogP) is 2.80. The molecule has 11 heavy (non-hydrogen) atoms. The zero-order chi connectivity index (χ0) is 8.27. The van der Waals surface area contributed by atoms with Gasteiger partial charge in [-0.25, -0.2) is 4.84 Å². The van der Waals surface area contributed by atoms with Crippen LogP contribution in [-0.4, -0.2) is 0 Å². The van der Waals surface area contributed by atoms with Gasteiger partial charge in [0, 0.05) is 6.04 Å². The average molecular weight is 170 g/mol. The van der Waals surface area contributed by atoms with Crippen LogP contribution in [0.1, 0.15) is 24.1 Å². The molecule has 0 aromatic heterocycles. The predicted molar refractivity (Wildman–Crippen MR) is 48.6 cm³/mol. The Balaban J connectivity index is 2.86. The molecule has 2 heteroatoms. The number of benzene rings is 1. The molecule has 0 heterocycles. The van der Waals surface area contributed by atoms with Gasteiger partial charge in [0.15, 0.2) is 0 Å². The maximum absolute atomic E-state index is 5.49. The van der Waals surface area contributed by atoms with E-state index in [1.807, 2.05) is 13.0 Å². The van der Waals surface area contributed by atoms with E-state index in [4.69, 9.17) is 11.8 Å². The molecule has 60 valence electrons. The average Bonchev–Trinajstić information content (AvgIpc) is 2.03. The Morgan fingerprint density at radius 3 is 2.73 bits per heavy atom. The third kappa shape index (κ3) is 2.21. The molecule has 0 aliphatic carbocycles. The van der Waals surface area contributed by atoms with Crippen molar-refractivity contribution in [2.24, 2.45) is 0 Å². The van der Waals surface area contributed by atoms with Gasteiger partial charge >= 0.3 is 0 Å². The molecule has 1 aromatic carbocycles. The maximum Gasteiger partial charge on any atom is 0.0442 e. The maximum atomic E-state index is 5.49. The molecule has 0 radical (unpaired) electrons. The Labute approximate surface area is 72.5 Å². The van der Waals surface area contributed by atoms with E-state index in [9.17, 15) is 0 Å². The van der Waals surface area contributed by atoms with Crippen LogP contribution in [0.15, 0.2) is 24.3 Å². The van der Waals surface area contributed by atoms with Crippen molar-refractivity contribution >= 4 is 11.8 Å². The first kappa shape index (κ1) is 8.57. The van der Waals surface area contributed by atoms with Crippen molar-refractivity contribution in [1.82, 2.24) is 4.84 Å². The van der Waals surface area contributed by atoms with Gasteiger partial charge in [0.1, 0.15) is 0 Å². The quantitative estimate of drug-likeness (QED) is 0.672. The third-order valence-corrected chi connectivity index (χ3v) is 2.03. The van der Waals surface area contributed by atoms with Crippen LogP contribution in [0.25, 0.3) is 0 Å². The minimum Gasteiger partial charge on any atom is -0.226 e. The molecule has 1 nitrogen and oxygen atoms in total. The van der Waals surface area contributed by atoms with Crippen LogP contribution in [-0.2, 0) is 0 Å². The Kier molecular flexibility index (Phi) is 2.92. The molecule has 0 aliphatic rings. The fraction of sp³-hybridized carbons (Fsp3) is 0.333. The lowest BCUT2D eigenvalue weighted by atomic mass is 10.1. The van der Waals surface area contributed by atoms with Gasteiger partial charge in [-0.2, -0.15) is 0 Å². The van der Waals surface area contributed by atoms with Crippen LogP contribution in [0.2, 0.25) is 0 Å². The van der Waals surface area contributed by atoms with Crippen molar-refractivity contribution in [2.45, 2.75) is 19.9 Å². The van der Waals surface area contributed by atoms with Crippen molar-refractivity contribution < 1.29 is 0 Å². The minimum absolute atomic E-state index is 0.219. The summed E-state index contributed by atoms with van der Waals surface area (Å²) in [6.07, 6.45) is 0. The first-order chi connectivity index (χ1) is 5.24. The van der Waals surface area contributed by atoms with Gasteiger partial charge < -0.3 is 0 Å². The van der Waals surface area contributed by atoms with Gasteiger partial charge in [-0.05, 0) is 31.2 Å². The van der Waals surface area contributed by atoms with Crippen LogP contribution in [0.3, 0.4) is 0 Å². The normalized spacial score (nSPS) is 13.0. The van der Waals surface area contributed by atoms with Crippen LogP contribution in [0.4, 0.5) is 0 Å². The van der Waals surface area contributed by atoms with Crippen molar-refractivity contribution in [2.75, 3.05) is 0 Å². The van der Waals surface area contributed by atoms with E-state index in [1.54, 1.807) is 0 Å². The highest BCUT2D eigenvalue weighted by atomic mass is 35.5. The summed E-state index contributed by atoms with van der Waals surface area (Å²) in [7, 11) is 0. The summed E-state index contributed by atoms with van der Waals surface area (Å²) in [6, 6.07) is 8.52. The van der Waals surface area contributed by atoms with E-state index in [0.717, 1.165) is 0 Å². The molecular formula is C9H12ClN. The molecule has 0 saturated carbocycles. The molecule has 0 spiro atoms. The summed E-state index contributed by atoms with van der Waals surface area (Å²) in [5.41, 5.74) is 2.49. The van der Waals surface area contributed by atoms with E-state index < -0.39 is 0 Å². The van der Waals surface area contributed by atoms with E-state index >= 15 is 0 Å². The van der Waals surface area contributed by atoms with Crippen LogP contribution in [0, 0.1) is 6.92 Å². The van der Waals surface area contributed by atoms with Gasteiger partial charge in [-0.3, -0.25) is 0 Å². The standard InChI is InChI=1S/C9H12ClN/c1-7-4-3-5-9(6-7)8(2)11-10/h3-6,8,11H,1-2H3/t8-/m0/s1. The summed E-state index contributed by atoms with van der Waals surface area (Å²) in [5.74, 6) is 0. The second-order valence-electron chi connectivity index (χ2n) is 2.74. The topological polar surface area (TPSA) is 12.0 Å². The molecule has 1 aromatic rings. The number of aryl methyl sites for hydroxylation is 1. The molecule has 1 N–H and O–H groups in total. The van der Waals surface area contributed by atoms with Gasteiger partial charge in [0.2, 0.25) is 0 Å². The lowest BCUT2D eigenvalue weighted by Gasteiger charge is -2.08. The Morgan fingerprint density at radius 2 is 2.18 bits per heavy atom. The molecule has 1 rings (SSSR count). The SMILES string of the molecule is Cc1cccc([C@H](C)NCl)c1. The highest BCUT2D eigenvalue weighted by Crippen LogP contribution is 2.13. The monoisotopic (exact) mass is 169 g/mol. The number of hydrogen-bond acceptors (Lipinski definition) is 1. The summed E-state index contributed by atoms with van der Waals surface area (Å²) < 4.78 is 0.